The van der Waals surface area contributed by atoms with Crippen LogP contribution in [0.2, 0.25) is 0 Å². The van der Waals surface area contributed by atoms with E-state index in [4.69, 9.17) is 4.74 Å². The summed E-state index contributed by atoms with van der Waals surface area (Å²) in [4.78, 5) is 18.9. The zero-order chi connectivity index (χ0) is 21.0. The Morgan fingerprint density at radius 1 is 1.27 bits per heavy atom. The molecule has 6 nitrogen and oxygen atoms in total. The highest BCUT2D eigenvalue weighted by atomic mass is 16.5. The highest BCUT2D eigenvalue weighted by molar-refractivity contribution is 5.74. The summed E-state index contributed by atoms with van der Waals surface area (Å²) in [6.07, 6.45) is 14.7. The van der Waals surface area contributed by atoms with Crippen LogP contribution < -0.4 is 10.1 Å². The largest absolute Gasteiger partial charge is 0.494 e. The van der Waals surface area contributed by atoms with Gasteiger partial charge in [-0.3, -0.25) is 0 Å². The summed E-state index contributed by atoms with van der Waals surface area (Å²) >= 11 is 0. The molecule has 0 aliphatic heterocycles. The zero-order valence-electron chi connectivity index (χ0n) is 18.1. The summed E-state index contributed by atoms with van der Waals surface area (Å²) in [5, 5.41) is 3.13. The molecule has 30 heavy (non-hydrogen) atoms. The number of aromatic nitrogens is 2. The maximum Gasteiger partial charge on any atom is 0.317 e. The molecule has 0 atom stereocenters. The molecule has 0 saturated heterocycles. The van der Waals surface area contributed by atoms with E-state index in [1.807, 2.05) is 53.2 Å². The lowest BCUT2D eigenvalue weighted by molar-refractivity contribution is 0.193. The van der Waals surface area contributed by atoms with Crippen molar-refractivity contribution in [2.45, 2.75) is 58.5 Å². The van der Waals surface area contributed by atoms with Crippen molar-refractivity contribution in [1.29, 1.82) is 0 Å². The molecule has 0 fully saturated rings. The number of hydrogen-bond donors (Lipinski definition) is 1. The van der Waals surface area contributed by atoms with Gasteiger partial charge in [0.25, 0.3) is 0 Å². The van der Waals surface area contributed by atoms with E-state index in [0.717, 1.165) is 30.7 Å². The topological polar surface area (TPSA) is 59.4 Å². The van der Waals surface area contributed by atoms with Crippen LogP contribution in [0.1, 0.15) is 51.0 Å². The fraction of sp³-hybridized carbons (Fsp3) is 0.500. The Bertz CT molecular complexity index is 784. The predicted octanol–water partition coefficient (Wildman–Crippen LogP) is 4.77. The summed E-state index contributed by atoms with van der Waals surface area (Å²) in [6.45, 7) is 5.46. The Labute approximate surface area is 179 Å². The van der Waals surface area contributed by atoms with E-state index in [1.54, 1.807) is 6.20 Å². The molecule has 2 aromatic rings. The highest BCUT2D eigenvalue weighted by Gasteiger charge is 2.14. The number of hydrogen-bond acceptors (Lipinski definition) is 3. The number of carbonyl (C=O) groups is 1. The molecule has 0 spiro atoms. The number of nitrogens with zero attached hydrogens (tertiary/aromatic N) is 3. The van der Waals surface area contributed by atoms with Crippen molar-refractivity contribution in [3.63, 3.8) is 0 Å². The van der Waals surface area contributed by atoms with Crippen molar-refractivity contribution in [2.75, 3.05) is 19.7 Å². The van der Waals surface area contributed by atoms with Gasteiger partial charge in [-0.15, -0.1) is 0 Å². The maximum absolute atomic E-state index is 12.9. The average Bonchev–Trinajstić information content (AvgIpc) is 3.29. The minimum atomic E-state index is 0.00549. The SMILES string of the molecule is CCOc1ccc(CN(CCCn2ccnc2)C(=O)NCCC2=CCCCC2)cc1. The van der Waals surface area contributed by atoms with Gasteiger partial charge in [-0.1, -0.05) is 23.8 Å². The van der Waals surface area contributed by atoms with E-state index >= 15 is 0 Å². The molecule has 1 aliphatic carbocycles. The summed E-state index contributed by atoms with van der Waals surface area (Å²) in [6, 6.07) is 8.01. The Kier molecular flexibility index (Phi) is 8.81. The summed E-state index contributed by atoms with van der Waals surface area (Å²) in [5.41, 5.74) is 2.59. The first-order valence-electron chi connectivity index (χ1n) is 11.1. The van der Waals surface area contributed by atoms with Crippen molar-refractivity contribution in [3.8, 4) is 5.75 Å². The van der Waals surface area contributed by atoms with Crippen molar-refractivity contribution >= 4 is 6.03 Å². The number of amides is 2. The molecule has 1 heterocycles. The Balaban J connectivity index is 1.54. The molecule has 0 unspecified atom stereocenters. The van der Waals surface area contributed by atoms with Crippen LogP contribution in [-0.4, -0.2) is 40.2 Å². The molecule has 6 heteroatoms. The normalized spacial score (nSPS) is 13.6. The Morgan fingerprint density at radius 3 is 2.83 bits per heavy atom. The second-order valence-corrected chi connectivity index (χ2v) is 7.74. The van der Waals surface area contributed by atoms with E-state index in [9.17, 15) is 4.79 Å². The number of ether oxygens (including phenoxy) is 1. The van der Waals surface area contributed by atoms with Crippen molar-refractivity contribution in [1.82, 2.24) is 19.8 Å². The Hall–Kier alpha value is -2.76. The lowest BCUT2D eigenvalue weighted by atomic mass is 9.97. The fourth-order valence-corrected chi connectivity index (χ4v) is 3.77. The van der Waals surface area contributed by atoms with Crippen LogP contribution in [0.15, 0.2) is 54.6 Å². The molecule has 0 saturated carbocycles. The second-order valence-electron chi connectivity index (χ2n) is 7.74. The van der Waals surface area contributed by atoms with Crippen LogP contribution in [-0.2, 0) is 13.1 Å². The standard InChI is InChI=1S/C24H34N4O2/c1-2-30-23-11-9-22(10-12-23)19-28(17-6-16-27-18-15-25-20-27)24(29)26-14-13-21-7-4-3-5-8-21/h7,9-12,15,18,20H,2-6,8,13-14,16-17,19H2,1H3,(H,26,29). The number of imidazole rings is 1. The lowest BCUT2D eigenvalue weighted by Crippen LogP contribution is -2.40. The molecule has 0 bridgehead atoms. The number of benzene rings is 1. The molecule has 1 N–H and O–H groups in total. The van der Waals surface area contributed by atoms with Gasteiger partial charge in [0.05, 0.1) is 12.9 Å². The average molecular weight is 411 g/mol. The van der Waals surface area contributed by atoms with Crippen molar-refractivity contribution in [3.05, 3.63) is 60.2 Å². The number of nitrogens with one attached hydrogen (secondary N) is 1. The van der Waals surface area contributed by atoms with E-state index in [2.05, 4.69) is 16.4 Å². The van der Waals surface area contributed by atoms with Crippen LogP contribution in [0, 0.1) is 0 Å². The smallest absolute Gasteiger partial charge is 0.317 e. The summed E-state index contributed by atoms with van der Waals surface area (Å²) < 4.78 is 7.57. The number of carbonyl (C=O) groups excluding carboxylic acids is 1. The zero-order valence-corrected chi connectivity index (χ0v) is 18.1. The quantitative estimate of drug-likeness (QED) is 0.543. The minimum Gasteiger partial charge on any atom is -0.494 e. The van der Waals surface area contributed by atoms with Gasteiger partial charge in [0.15, 0.2) is 0 Å². The third-order valence-corrected chi connectivity index (χ3v) is 5.41. The van der Waals surface area contributed by atoms with E-state index in [1.165, 1.54) is 31.3 Å². The number of urea groups is 1. The number of aryl methyl sites for hydroxylation is 1. The van der Waals surface area contributed by atoms with Gasteiger partial charge in [-0.2, -0.15) is 0 Å². The summed E-state index contributed by atoms with van der Waals surface area (Å²) in [7, 11) is 0. The van der Waals surface area contributed by atoms with Gasteiger partial charge in [0.1, 0.15) is 5.75 Å². The van der Waals surface area contributed by atoms with Gasteiger partial charge >= 0.3 is 6.03 Å². The van der Waals surface area contributed by atoms with E-state index in [-0.39, 0.29) is 6.03 Å². The van der Waals surface area contributed by atoms with Gasteiger partial charge in [-0.05, 0) is 63.1 Å². The minimum absolute atomic E-state index is 0.00549. The molecule has 162 valence electrons. The van der Waals surface area contributed by atoms with Gasteiger partial charge in [0, 0.05) is 38.6 Å². The fourth-order valence-electron chi connectivity index (χ4n) is 3.77. The van der Waals surface area contributed by atoms with Crippen LogP contribution in [0.25, 0.3) is 0 Å². The number of rotatable bonds is 11. The molecule has 3 rings (SSSR count). The molecular weight excluding hydrogens is 376 g/mol. The summed E-state index contributed by atoms with van der Waals surface area (Å²) in [5.74, 6) is 0.859. The van der Waals surface area contributed by atoms with Crippen molar-refractivity contribution < 1.29 is 9.53 Å². The molecule has 1 aromatic carbocycles. The van der Waals surface area contributed by atoms with Gasteiger partial charge in [0.2, 0.25) is 0 Å². The highest BCUT2D eigenvalue weighted by Crippen LogP contribution is 2.19. The molecule has 0 radical (unpaired) electrons. The molecule has 1 aliphatic rings. The third-order valence-electron chi connectivity index (χ3n) is 5.41. The first-order valence-corrected chi connectivity index (χ1v) is 11.1. The second kappa shape index (κ2) is 12.1. The first kappa shape index (κ1) is 21.9. The van der Waals surface area contributed by atoms with Crippen LogP contribution in [0.3, 0.4) is 0 Å². The van der Waals surface area contributed by atoms with E-state index < -0.39 is 0 Å². The van der Waals surface area contributed by atoms with Crippen LogP contribution in [0.5, 0.6) is 5.75 Å². The monoisotopic (exact) mass is 410 g/mol. The van der Waals surface area contributed by atoms with Gasteiger partial charge in [-0.25, -0.2) is 9.78 Å². The predicted molar refractivity (Wildman–Crippen MR) is 119 cm³/mol. The molecule has 2 amide bonds. The first-order chi connectivity index (χ1) is 14.7. The third kappa shape index (κ3) is 7.25. The number of allylic oxidation sites excluding steroid dienone is 1. The van der Waals surface area contributed by atoms with Crippen molar-refractivity contribution in [2.24, 2.45) is 0 Å². The lowest BCUT2D eigenvalue weighted by Gasteiger charge is -2.24. The molecule has 1 aromatic heterocycles. The van der Waals surface area contributed by atoms with Gasteiger partial charge < -0.3 is 19.5 Å². The van der Waals surface area contributed by atoms with Crippen LogP contribution in [0.4, 0.5) is 4.79 Å². The van der Waals surface area contributed by atoms with E-state index in [0.29, 0.717) is 26.2 Å². The molecular formula is C24H34N4O2. The van der Waals surface area contributed by atoms with Crippen LogP contribution >= 0.6 is 0 Å². The maximum atomic E-state index is 12.9. The Morgan fingerprint density at radius 2 is 2.13 bits per heavy atom.